The molecule has 3 N–H and O–H groups in total. The average Bonchev–Trinajstić information content (AvgIpc) is 2.24. The molecule has 18 heavy (non-hydrogen) atoms. The van der Waals surface area contributed by atoms with E-state index in [1.54, 1.807) is 6.92 Å². The minimum atomic E-state index is -0.371. The maximum absolute atomic E-state index is 11.6. The second-order valence-corrected chi connectivity index (χ2v) is 6.92. The Morgan fingerprint density at radius 1 is 1.22 bits per heavy atom. The van der Waals surface area contributed by atoms with Crippen LogP contribution in [0.15, 0.2) is 0 Å². The van der Waals surface area contributed by atoms with Crippen LogP contribution >= 0.6 is 12.4 Å². The molecule has 4 heteroatoms. The molecule has 1 atom stereocenters. The van der Waals surface area contributed by atoms with Crippen LogP contribution in [0.2, 0.25) is 0 Å². The van der Waals surface area contributed by atoms with E-state index in [9.17, 15) is 4.79 Å². The summed E-state index contributed by atoms with van der Waals surface area (Å²) in [5, 5.41) is 3.08. The van der Waals surface area contributed by atoms with Crippen LogP contribution in [0, 0.1) is 23.2 Å². The number of amides is 1. The maximum atomic E-state index is 11.6. The van der Waals surface area contributed by atoms with E-state index in [1.807, 2.05) is 0 Å². The molecular formula is C14H25ClN2O. The van der Waals surface area contributed by atoms with Gasteiger partial charge >= 0.3 is 0 Å². The molecule has 4 saturated carbocycles. The largest absolute Gasteiger partial charge is 0.354 e. The van der Waals surface area contributed by atoms with Crippen molar-refractivity contribution in [3.05, 3.63) is 0 Å². The molecule has 0 spiro atoms. The highest BCUT2D eigenvalue weighted by molar-refractivity contribution is 5.85. The van der Waals surface area contributed by atoms with Gasteiger partial charge in [-0.15, -0.1) is 12.4 Å². The highest BCUT2D eigenvalue weighted by atomic mass is 35.5. The smallest absolute Gasteiger partial charge is 0.236 e. The van der Waals surface area contributed by atoms with E-state index in [-0.39, 0.29) is 24.4 Å². The minimum absolute atomic E-state index is 0. The van der Waals surface area contributed by atoms with Crippen LogP contribution in [0.5, 0.6) is 0 Å². The van der Waals surface area contributed by atoms with Crippen molar-refractivity contribution in [2.75, 3.05) is 6.54 Å². The molecule has 0 aromatic heterocycles. The van der Waals surface area contributed by atoms with Gasteiger partial charge in [0.05, 0.1) is 6.04 Å². The molecule has 1 amide bonds. The van der Waals surface area contributed by atoms with Crippen molar-refractivity contribution in [2.24, 2.45) is 28.9 Å². The van der Waals surface area contributed by atoms with E-state index < -0.39 is 0 Å². The predicted molar refractivity (Wildman–Crippen MR) is 74.5 cm³/mol. The molecule has 4 bridgehead atoms. The first kappa shape index (κ1) is 14.1. The molecule has 0 saturated heterocycles. The average molecular weight is 273 g/mol. The number of nitrogens with one attached hydrogen (secondary N) is 1. The summed E-state index contributed by atoms with van der Waals surface area (Å²) in [6.45, 7) is 2.63. The van der Waals surface area contributed by atoms with Crippen molar-refractivity contribution in [2.45, 2.75) is 51.5 Å². The molecule has 104 valence electrons. The van der Waals surface area contributed by atoms with Gasteiger partial charge in [0.25, 0.3) is 0 Å². The molecule has 0 aromatic rings. The fourth-order valence-corrected chi connectivity index (χ4v) is 4.94. The van der Waals surface area contributed by atoms with Gasteiger partial charge in [-0.05, 0) is 68.6 Å². The lowest BCUT2D eigenvalue weighted by molar-refractivity contribution is -0.124. The van der Waals surface area contributed by atoms with Crippen molar-refractivity contribution in [3.63, 3.8) is 0 Å². The zero-order valence-corrected chi connectivity index (χ0v) is 12.0. The highest BCUT2D eigenvalue weighted by Gasteiger charge is 2.50. The fourth-order valence-electron chi connectivity index (χ4n) is 4.94. The Kier molecular flexibility index (Phi) is 3.93. The Morgan fingerprint density at radius 3 is 2.06 bits per heavy atom. The summed E-state index contributed by atoms with van der Waals surface area (Å²) in [6.07, 6.45) is 8.41. The maximum Gasteiger partial charge on any atom is 0.236 e. The SMILES string of the molecule is C[C@H](N)C(=O)NCC12CC3CC(CC(C3)C1)C2.Cl. The van der Waals surface area contributed by atoms with E-state index in [0.29, 0.717) is 5.41 Å². The van der Waals surface area contributed by atoms with Crippen LogP contribution in [-0.4, -0.2) is 18.5 Å². The number of carbonyl (C=O) groups is 1. The first-order valence-corrected chi connectivity index (χ1v) is 7.10. The van der Waals surface area contributed by atoms with Crippen LogP contribution in [0.25, 0.3) is 0 Å². The van der Waals surface area contributed by atoms with Crippen LogP contribution in [0.4, 0.5) is 0 Å². The third-order valence-electron chi connectivity index (χ3n) is 5.22. The normalized spacial score (nSPS) is 42.2. The number of nitrogens with two attached hydrogens (primary N) is 1. The Balaban J connectivity index is 0.00000120. The van der Waals surface area contributed by atoms with Crippen LogP contribution in [0.3, 0.4) is 0 Å². The Labute approximate surface area is 116 Å². The van der Waals surface area contributed by atoms with Gasteiger partial charge < -0.3 is 11.1 Å². The number of halogens is 1. The third-order valence-corrected chi connectivity index (χ3v) is 5.22. The standard InChI is InChI=1S/C14H24N2O.ClH/c1-9(15)13(17)16-8-14-5-10-2-11(6-14)4-12(3-10)7-14;/h9-12H,2-8,15H2,1H3,(H,16,17);1H/t9-,10?,11?,12?,14?;/m0./s1. The second kappa shape index (κ2) is 5.01. The van der Waals surface area contributed by atoms with Crippen LogP contribution in [-0.2, 0) is 4.79 Å². The van der Waals surface area contributed by atoms with E-state index in [2.05, 4.69) is 5.32 Å². The Morgan fingerprint density at radius 2 is 1.67 bits per heavy atom. The molecular weight excluding hydrogens is 248 g/mol. The van der Waals surface area contributed by atoms with Crippen molar-refractivity contribution in [1.29, 1.82) is 0 Å². The highest BCUT2D eigenvalue weighted by Crippen LogP contribution is 2.59. The second-order valence-electron chi connectivity index (χ2n) is 6.92. The summed E-state index contributed by atoms with van der Waals surface area (Å²) in [7, 11) is 0. The van der Waals surface area contributed by atoms with Crippen LogP contribution < -0.4 is 11.1 Å². The zero-order valence-electron chi connectivity index (χ0n) is 11.2. The van der Waals surface area contributed by atoms with Gasteiger partial charge in [-0.1, -0.05) is 0 Å². The summed E-state index contributed by atoms with van der Waals surface area (Å²) < 4.78 is 0. The third kappa shape index (κ3) is 2.53. The van der Waals surface area contributed by atoms with Crippen molar-refractivity contribution < 1.29 is 4.79 Å². The molecule has 0 aromatic carbocycles. The van der Waals surface area contributed by atoms with Gasteiger partial charge in [0, 0.05) is 6.54 Å². The lowest BCUT2D eigenvalue weighted by Gasteiger charge is -2.57. The number of hydrogen-bond donors (Lipinski definition) is 2. The van der Waals surface area contributed by atoms with E-state index in [4.69, 9.17) is 5.73 Å². The molecule has 0 heterocycles. The molecule has 0 unspecified atom stereocenters. The Hall–Kier alpha value is -0.280. The van der Waals surface area contributed by atoms with Crippen LogP contribution in [0.1, 0.15) is 45.4 Å². The molecule has 3 nitrogen and oxygen atoms in total. The van der Waals surface area contributed by atoms with Gasteiger partial charge in [0.1, 0.15) is 0 Å². The Bertz CT molecular complexity index is 294. The zero-order chi connectivity index (χ0) is 12.0. The first-order valence-electron chi connectivity index (χ1n) is 7.10. The number of hydrogen-bond acceptors (Lipinski definition) is 2. The summed E-state index contributed by atoms with van der Waals surface area (Å²) in [5.41, 5.74) is 6.03. The van der Waals surface area contributed by atoms with Gasteiger partial charge in [0.2, 0.25) is 5.91 Å². The monoisotopic (exact) mass is 272 g/mol. The van der Waals surface area contributed by atoms with Crippen molar-refractivity contribution in [3.8, 4) is 0 Å². The van der Waals surface area contributed by atoms with Gasteiger partial charge in [-0.3, -0.25) is 4.79 Å². The number of rotatable bonds is 3. The summed E-state index contributed by atoms with van der Waals surface area (Å²) >= 11 is 0. The van der Waals surface area contributed by atoms with E-state index in [0.717, 1.165) is 24.3 Å². The summed E-state index contributed by atoms with van der Waals surface area (Å²) in [6, 6.07) is -0.371. The van der Waals surface area contributed by atoms with Crippen molar-refractivity contribution >= 4 is 18.3 Å². The molecule has 4 aliphatic rings. The molecule has 4 aliphatic carbocycles. The summed E-state index contributed by atoms with van der Waals surface area (Å²) in [5.74, 6) is 2.87. The predicted octanol–water partition coefficient (Wildman–Crippen LogP) is 2.09. The lowest BCUT2D eigenvalue weighted by Crippen LogP contribution is -2.52. The fraction of sp³-hybridized carbons (Fsp3) is 0.929. The number of carbonyl (C=O) groups excluding carboxylic acids is 1. The first-order chi connectivity index (χ1) is 8.06. The summed E-state index contributed by atoms with van der Waals surface area (Å²) in [4.78, 5) is 11.6. The minimum Gasteiger partial charge on any atom is -0.354 e. The van der Waals surface area contributed by atoms with Gasteiger partial charge in [-0.2, -0.15) is 0 Å². The van der Waals surface area contributed by atoms with Crippen molar-refractivity contribution in [1.82, 2.24) is 5.32 Å². The molecule has 0 aliphatic heterocycles. The van der Waals surface area contributed by atoms with E-state index in [1.165, 1.54) is 38.5 Å². The molecule has 4 fully saturated rings. The lowest BCUT2D eigenvalue weighted by atomic mass is 9.49. The van der Waals surface area contributed by atoms with Gasteiger partial charge in [-0.25, -0.2) is 0 Å². The molecule has 4 rings (SSSR count). The topological polar surface area (TPSA) is 55.1 Å². The van der Waals surface area contributed by atoms with Gasteiger partial charge in [0.15, 0.2) is 0 Å². The molecule has 0 radical (unpaired) electrons. The van der Waals surface area contributed by atoms with E-state index >= 15 is 0 Å². The quantitative estimate of drug-likeness (QED) is 0.827.